The van der Waals surface area contributed by atoms with Gasteiger partial charge < -0.3 is 14.4 Å². The molecule has 0 bridgehead atoms. The predicted molar refractivity (Wildman–Crippen MR) is 85.0 cm³/mol. The molecule has 23 heavy (non-hydrogen) atoms. The lowest BCUT2D eigenvalue weighted by Gasteiger charge is -2.21. The number of sulfonamides is 1. The largest absolute Gasteiger partial charge is 0.497 e. The van der Waals surface area contributed by atoms with Gasteiger partial charge in [-0.2, -0.15) is 4.31 Å². The minimum absolute atomic E-state index is 0.225. The van der Waals surface area contributed by atoms with E-state index in [1.807, 2.05) is 0 Å². The second kappa shape index (κ2) is 7.65. The molecule has 0 unspecified atom stereocenters. The minimum atomic E-state index is -3.57. The van der Waals surface area contributed by atoms with Gasteiger partial charge in [0, 0.05) is 26.2 Å². The fourth-order valence-electron chi connectivity index (χ4n) is 2.43. The van der Waals surface area contributed by atoms with Crippen molar-refractivity contribution in [2.75, 3.05) is 39.9 Å². The van der Waals surface area contributed by atoms with Crippen molar-refractivity contribution in [2.45, 2.75) is 18.2 Å². The van der Waals surface area contributed by atoms with Crippen molar-refractivity contribution < 1.29 is 22.7 Å². The number of rotatable bonds is 4. The van der Waals surface area contributed by atoms with Crippen molar-refractivity contribution in [1.29, 1.82) is 0 Å². The van der Waals surface area contributed by atoms with Crippen LogP contribution in [0.2, 0.25) is 0 Å². The van der Waals surface area contributed by atoms with Gasteiger partial charge in [-0.25, -0.2) is 13.2 Å². The summed E-state index contributed by atoms with van der Waals surface area (Å²) in [6.45, 7) is 3.51. The Bertz CT molecular complexity index is 630. The third kappa shape index (κ3) is 4.14. The van der Waals surface area contributed by atoms with Gasteiger partial charge in [-0.3, -0.25) is 0 Å². The maximum atomic E-state index is 12.7. The second-order valence-electron chi connectivity index (χ2n) is 5.12. The van der Waals surface area contributed by atoms with Gasteiger partial charge in [0.1, 0.15) is 5.75 Å². The highest BCUT2D eigenvalue weighted by atomic mass is 32.2. The SMILES string of the molecule is CCOC(=O)N1CCCN(S(=O)(=O)c2ccc(OC)cc2)CC1. The summed E-state index contributed by atoms with van der Waals surface area (Å²) in [6, 6.07) is 6.30. The molecule has 1 aliphatic heterocycles. The van der Waals surface area contributed by atoms with Crippen LogP contribution in [-0.2, 0) is 14.8 Å². The number of carbonyl (C=O) groups is 1. The van der Waals surface area contributed by atoms with E-state index in [9.17, 15) is 13.2 Å². The zero-order valence-electron chi connectivity index (χ0n) is 13.4. The van der Waals surface area contributed by atoms with Gasteiger partial charge in [-0.05, 0) is 37.6 Å². The van der Waals surface area contributed by atoms with E-state index in [2.05, 4.69) is 0 Å². The maximum absolute atomic E-state index is 12.7. The Morgan fingerprint density at radius 1 is 1.13 bits per heavy atom. The Morgan fingerprint density at radius 2 is 1.83 bits per heavy atom. The molecule has 1 fully saturated rings. The highest BCUT2D eigenvalue weighted by Gasteiger charge is 2.28. The molecule has 0 atom stereocenters. The number of nitrogens with zero attached hydrogens (tertiary/aromatic N) is 2. The van der Waals surface area contributed by atoms with Crippen LogP contribution in [0, 0.1) is 0 Å². The van der Waals surface area contributed by atoms with Gasteiger partial charge in [-0.1, -0.05) is 0 Å². The second-order valence-corrected chi connectivity index (χ2v) is 7.06. The lowest BCUT2D eigenvalue weighted by molar-refractivity contribution is 0.109. The summed E-state index contributed by atoms with van der Waals surface area (Å²) >= 11 is 0. The molecule has 2 rings (SSSR count). The van der Waals surface area contributed by atoms with Crippen LogP contribution in [0.25, 0.3) is 0 Å². The number of benzene rings is 1. The molecule has 0 saturated carbocycles. The lowest BCUT2D eigenvalue weighted by atomic mass is 10.3. The Hall–Kier alpha value is -1.80. The zero-order valence-corrected chi connectivity index (χ0v) is 14.2. The Balaban J connectivity index is 2.09. The summed E-state index contributed by atoms with van der Waals surface area (Å²) in [5.41, 5.74) is 0. The van der Waals surface area contributed by atoms with Crippen LogP contribution in [0.1, 0.15) is 13.3 Å². The highest BCUT2D eigenvalue weighted by molar-refractivity contribution is 7.89. The number of ether oxygens (including phenoxy) is 2. The van der Waals surface area contributed by atoms with Crippen LogP contribution in [0.5, 0.6) is 5.75 Å². The van der Waals surface area contributed by atoms with E-state index in [-0.39, 0.29) is 11.4 Å². The summed E-state index contributed by atoms with van der Waals surface area (Å²) < 4.78 is 36.8. The van der Waals surface area contributed by atoms with E-state index in [0.717, 1.165) is 0 Å². The molecule has 1 aromatic carbocycles. The molecule has 0 N–H and O–H groups in total. The van der Waals surface area contributed by atoms with Crippen molar-refractivity contribution in [2.24, 2.45) is 0 Å². The van der Waals surface area contributed by atoms with Gasteiger partial charge in [0.15, 0.2) is 0 Å². The zero-order chi connectivity index (χ0) is 16.9. The van der Waals surface area contributed by atoms with Gasteiger partial charge in [0.25, 0.3) is 0 Å². The van der Waals surface area contributed by atoms with Crippen molar-refractivity contribution in [1.82, 2.24) is 9.21 Å². The molecule has 1 heterocycles. The molecule has 1 aromatic rings. The van der Waals surface area contributed by atoms with Crippen molar-refractivity contribution >= 4 is 16.1 Å². The summed E-state index contributed by atoms with van der Waals surface area (Å²) in [4.78, 5) is 13.5. The molecule has 128 valence electrons. The molecule has 8 heteroatoms. The Morgan fingerprint density at radius 3 is 2.43 bits per heavy atom. The number of carbonyl (C=O) groups excluding carboxylic acids is 1. The predicted octanol–water partition coefficient (Wildman–Crippen LogP) is 1.55. The summed E-state index contributed by atoms with van der Waals surface area (Å²) in [7, 11) is -2.04. The average Bonchev–Trinajstić information content (AvgIpc) is 2.82. The van der Waals surface area contributed by atoms with Crippen LogP contribution >= 0.6 is 0 Å². The van der Waals surface area contributed by atoms with E-state index < -0.39 is 16.1 Å². The first-order chi connectivity index (χ1) is 11.0. The number of methoxy groups -OCH3 is 1. The monoisotopic (exact) mass is 342 g/mol. The standard InChI is InChI=1S/C15H22N2O5S/c1-3-22-15(18)16-9-4-10-17(12-11-16)23(19,20)14-7-5-13(21-2)6-8-14/h5-8H,3-4,9-12H2,1-2H3. The average molecular weight is 342 g/mol. The smallest absolute Gasteiger partial charge is 0.409 e. The molecule has 7 nitrogen and oxygen atoms in total. The van der Waals surface area contributed by atoms with Crippen molar-refractivity contribution in [3.8, 4) is 5.75 Å². The molecule has 0 radical (unpaired) electrons. The van der Waals surface area contributed by atoms with Crippen LogP contribution in [-0.4, -0.2) is 63.6 Å². The van der Waals surface area contributed by atoms with Crippen molar-refractivity contribution in [3.63, 3.8) is 0 Å². The van der Waals surface area contributed by atoms with Crippen molar-refractivity contribution in [3.05, 3.63) is 24.3 Å². The van der Waals surface area contributed by atoms with E-state index >= 15 is 0 Å². The Labute approximate surface area is 136 Å². The third-order valence-electron chi connectivity index (χ3n) is 3.68. The maximum Gasteiger partial charge on any atom is 0.409 e. The molecule has 1 aliphatic rings. The summed E-state index contributed by atoms with van der Waals surface area (Å²) in [5.74, 6) is 0.605. The van der Waals surface area contributed by atoms with Gasteiger partial charge >= 0.3 is 6.09 Å². The summed E-state index contributed by atoms with van der Waals surface area (Å²) in [5, 5.41) is 0. The number of hydrogen-bond acceptors (Lipinski definition) is 5. The fraction of sp³-hybridized carbons (Fsp3) is 0.533. The van der Waals surface area contributed by atoms with E-state index in [1.54, 1.807) is 24.0 Å². The summed E-state index contributed by atoms with van der Waals surface area (Å²) in [6.07, 6.45) is 0.185. The topological polar surface area (TPSA) is 76.2 Å². The van der Waals surface area contributed by atoms with Crippen LogP contribution in [0.15, 0.2) is 29.2 Å². The molecule has 0 spiro atoms. The minimum Gasteiger partial charge on any atom is -0.497 e. The first-order valence-corrected chi connectivity index (χ1v) is 8.99. The molecule has 1 amide bonds. The van der Waals surface area contributed by atoms with Crippen LogP contribution < -0.4 is 4.74 Å². The Kier molecular flexibility index (Phi) is 5.84. The molecule has 0 aliphatic carbocycles. The van der Waals surface area contributed by atoms with Gasteiger partial charge in [-0.15, -0.1) is 0 Å². The molecule has 0 aromatic heterocycles. The van der Waals surface area contributed by atoms with Gasteiger partial charge in [0.05, 0.1) is 18.6 Å². The first-order valence-electron chi connectivity index (χ1n) is 7.55. The highest BCUT2D eigenvalue weighted by Crippen LogP contribution is 2.20. The fourth-order valence-corrected chi connectivity index (χ4v) is 3.90. The quantitative estimate of drug-likeness (QED) is 0.830. The van der Waals surface area contributed by atoms with Crippen LogP contribution in [0.4, 0.5) is 4.79 Å². The molecular weight excluding hydrogens is 320 g/mol. The van der Waals surface area contributed by atoms with E-state index in [4.69, 9.17) is 9.47 Å². The normalized spacial score (nSPS) is 16.7. The number of hydrogen-bond donors (Lipinski definition) is 0. The van der Waals surface area contributed by atoms with E-state index in [1.165, 1.54) is 23.5 Å². The van der Waals surface area contributed by atoms with E-state index in [0.29, 0.717) is 38.4 Å². The molecular formula is C15H22N2O5S. The third-order valence-corrected chi connectivity index (χ3v) is 5.59. The first kappa shape index (κ1) is 17.6. The molecule has 1 saturated heterocycles. The lowest BCUT2D eigenvalue weighted by Crippen LogP contribution is -2.37. The van der Waals surface area contributed by atoms with Gasteiger partial charge in [0.2, 0.25) is 10.0 Å². The van der Waals surface area contributed by atoms with Crippen LogP contribution in [0.3, 0.4) is 0 Å². The number of amides is 1.